The van der Waals surface area contributed by atoms with Crippen LogP contribution >= 0.6 is 35.0 Å². The van der Waals surface area contributed by atoms with Crippen LogP contribution in [-0.4, -0.2) is 22.0 Å². The second-order valence-corrected chi connectivity index (χ2v) is 9.10. The molecule has 0 radical (unpaired) electrons. The summed E-state index contributed by atoms with van der Waals surface area (Å²) in [6, 6.07) is 17.3. The maximum Gasteiger partial charge on any atom is 0.270 e. The van der Waals surface area contributed by atoms with Crippen LogP contribution in [0, 0.1) is 10.1 Å². The number of hydrogen-bond donors (Lipinski definition) is 2. The van der Waals surface area contributed by atoms with Crippen LogP contribution in [-0.2, 0) is 4.79 Å². The molecule has 0 aromatic heterocycles. The number of carbonyl (C=O) groups excluding carboxylic acids is 2. The Morgan fingerprint density at radius 3 is 2.33 bits per heavy atom. The predicted octanol–water partition coefficient (Wildman–Crippen LogP) is 6.66. The van der Waals surface area contributed by atoms with E-state index in [1.807, 2.05) is 13.0 Å². The number of non-ortho nitro benzene ring substituents is 1. The van der Waals surface area contributed by atoms with Crippen molar-refractivity contribution >= 4 is 63.8 Å². The molecule has 2 amide bonds. The van der Waals surface area contributed by atoms with Crippen LogP contribution in [0.3, 0.4) is 0 Å². The van der Waals surface area contributed by atoms with Crippen LogP contribution in [0.15, 0.2) is 71.6 Å². The molecular formula is C23H19Cl2N3O4S. The molecule has 0 aliphatic rings. The van der Waals surface area contributed by atoms with E-state index in [2.05, 4.69) is 10.6 Å². The maximum absolute atomic E-state index is 12.8. The maximum atomic E-state index is 12.8. The molecule has 3 rings (SSSR count). The van der Waals surface area contributed by atoms with Crippen molar-refractivity contribution in [2.45, 2.75) is 23.5 Å². The monoisotopic (exact) mass is 503 g/mol. The van der Waals surface area contributed by atoms with Crippen molar-refractivity contribution < 1.29 is 14.5 Å². The zero-order valence-corrected chi connectivity index (χ0v) is 19.7. The lowest BCUT2D eigenvalue weighted by atomic mass is 10.2. The van der Waals surface area contributed by atoms with Gasteiger partial charge in [0.25, 0.3) is 11.6 Å². The van der Waals surface area contributed by atoms with Gasteiger partial charge in [-0.25, -0.2) is 0 Å². The van der Waals surface area contributed by atoms with E-state index < -0.39 is 16.1 Å². The van der Waals surface area contributed by atoms with Crippen molar-refractivity contribution in [1.82, 2.24) is 0 Å². The Bertz CT molecular complexity index is 1190. The number of thioether (sulfide) groups is 1. The third-order valence-corrected chi connectivity index (χ3v) is 6.28. The molecule has 3 aromatic rings. The summed E-state index contributed by atoms with van der Waals surface area (Å²) in [4.78, 5) is 36.4. The van der Waals surface area contributed by atoms with Gasteiger partial charge in [-0.2, -0.15) is 0 Å². The van der Waals surface area contributed by atoms with E-state index in [1.165, 1.54) is 36.0 Å². The number of hydrogen-bond acceptors (Lipinski definition) is 5. The van der Waals surface area contributed by atoms with Crippen molar-refractivity contribution in [3.63, 3.8) is 0 Å². The van der Waals surface area contributed by atoms with Gasteiger partial charge in [0.15, 0.2) is 0 Å². The lowest BCUT2D eigenvalue weighted by Gasteiger charge is -2.16. The molecule has 0 aliphatic carbocycles. The molecule has 10 heteroatoms. The van der Waals surface area contributed by atoms with Crippen molar-refractivity contribution in [2.75, 3.05) is 10.6 Å². The average Bonchev–Trinajstić information content (AvgIpc) is 2.77. The fourth-order valence-corrected chi connectivity index (χ4v) is 4.49. The van der Waals surface area contributed by atoms with E-state index in [-0.39, 0.29) is 17.2 Å². The predicted molar refractivity (Wildman–Crippen MR) is 133 cm³/mol. The van der Waals surface area contributed by atoms with Gasteiger partial charge < -0.3 is 10.6 Å². The average molecular weight is 504 g/mol. The summed E-state index contributed by atoms with van der Waals surface area (Å²) in [5.74, 6) is -0.671. The van der Waals surface area contributed by atoms with Gasteiger partial charge in [-0.3, -0.25) is 19.7 Å². The first kappa shape index (κ1) is 24.6. The normalized spacial score (nSPS) is 11.5. The highest BCUT2D eigenvalue weighted by Crippen LogP contribution is 2.30. The van der Waals surface area contributed by atoms with E-state index in [9.17, 15) is 19.7 Å². The molecule has 0 bridgehead atoms. The van der Waals surface area contributed by atoms with E-state index in [1.54, 1.807) is 36.4 Å². The van der Waals surface area contributed by atoms with E-state index in [4.69, 9.17) is 23.2 Å². The van der Waals surface area contributed by atoms with Crippen molar-refractivity contribution in [2.24, 2.45) is 0 Å². The Morgan fingerprint density at radius 1 is 0.970 bits per heavy atom. The second kappa shape index (κ2) is 11.2. The van der Waals surface area contributed by atoms with Gasteiger partial charge in [-0.15, -0.1) is 11.8 Å². The third kappa shape index (κ3) is 6.95. The molecule has 7 nitrogen and oxygen atoms in total. The van der Waals surface area contributed by atoms with Gasteiger partial charge in [0.2, 0.25) is 5.91 Å². The molecule has 0 heterocycles. The number of nitro groups is 1. The summed E-state index contributed by atoms with van der Waals surface area (Å²) >= 11 is 13.3. The summed E-state index contributed by atoms with van der Waals surface area (Å²) in [6.07, 6.45) is 0.565. The van der Waals surface area contributed by atoms with Gasteiger partial charge in [0, 0.05) is 44.0 Å². The highest BCUT2D eigenvalue weighted by molar-refractivity contribution is 8.00. The molecule has 33 heavy (non-hydrogen) atoms. The number of amides is 2. The number of halogens is 2. The van der Waals surface area contributed by atoms with E-state index in [0.717, 1.165) is 4.90 Å². The SMILES string of the molecule is CCC(Sc1cccc(NC(=O)c2cccc([N+](=O)[O-])c2)c1)C(=O)Nc1cc(Cl)cc(Cl)c1. The third-order valence-electron chi connectivity index (χ3n) is 4.48. The van der Waals surface area contributed by atoms with Crippen molar-refractivity contribution in [1.29, 1.82) is 0 Å². The lowest BCUT2D eigenvalue weighted by Crippen LogP contribution is -2.24. The molecule has 0 spiro atoms. The first-order valence-corrected chi connectivity index (χ1v) is 11.5. The van der Waals surface area contributed by atoms with Crippen LogP contribution < -0.4 is 10.6 Å². The zero-order valence-electron chi connectivity index (χ0n) is 17.4. The van der Waals surface area contributed by atoms with Crippen LogP contribution in [0.5, 0.6) is 0 Å². The minimum Gasteiger partial charge on any atom is -0.325 e. The summed E-state index contributed by atoms with van der Waals surface area (Å²) in [7, 11) is 0. The number of nitro benzene ring substituents is 1. The summed E-state index contributed by atoms with van der Waals surface area (Å²) in [6.45, 7) is 1.90. The fourth-order valence-electron chi connectivity index (χ4n) is 2.95. The zero-order chi connectivity index (χ0) is 24.0. The number of nitrogens with zero attached hydrogens (tertiary/aromatic N) is 1. The molecule has 2 N–H and O–H groups in total. The van der Waals surface area contributed by atoms with Gasteiger partial charge in [-0.1, -0.05) is 42.3 Å². The van der Waals surface area contributed by atoms with E-state index in [0.29, 0.717) is 27.8 Å². The molecule has 0 fully saturated rings. The number of benzene rings is 3. The molecule has 170 valence electrons. The smallest absolute Gasteiger partial charge is 0.270 e. The standard InChI is InChI=1S/C23H19Cl2N3O4S/c1-2-21(23(30)27-18-11-15(24)10-16(25)12-18)33-20-8-4-6-17(13-20)26-22(29)14-5-3-7-19(9-14)28(31)32/h3-13,21H,2H2,1H3,(H,26,29)(H,27,30). The Balaban J connectivity index is 1.69. The summed E-state index contributed by atoms with van der Waals surface area (Å²) in [5.41, 5.74) is 1.03. The molecule has 0 aliphatic heterocycles. The lowest BCUT2D eigenvalue weighted by molar-refractivity contribution is -0.384. The minimum atomic E-state index is -0.554. The Hall–Kier alpha value is -3.07. The van der Waals surface area contributed by atoms with Crippen LogP contribution in [0.2, 0.25) is 10.0 Å². The first-order chi connectivity index (χ1) is 15.7. The number of carbonyl (C=O) groups is 2. The molecule has 1 unspecified atom stereocenters. The van der Waals surface area contributed by atoms with Gasteiger partial charge in [0.05, 0.1) is 10.2 Å². The molecular weight excluding hydrogens is 485 g/mol. The minimum absolute atomic E-state index is 0.162. The first-order valence-electron chi connectivity index (χ1n) is 9.84. The number of rotatable bonds is 8. The molecule has 0 saturated heterocycles. The summed E-state index contributed by atoms with van der Waals surface area (Å²) in [5, 5.41) is 16.9. The topological polar surface area (TPSA) is 101 Å². The van der Waals surface area contributed by atoms with E-state index >= 15 is 0 Å². The highest BCUT2D eigenvalue weighted by Gasteiger charge is 2.19. The Morgan fingerprint density at radius 2 is 1.67 bits per heavy atom. The quantitative estimate of drug-likeness (QED) is 0.203. The second-order valence-electron chi connectivity index (χ2n) is 6.95. The number of nitrogens with one attached hydrogen (secondary N) is 2. The molecule has 1 atom stereocenters. The Kier molecular flexibility index (Phi) is 8.32. The molecule has 0 saturated carbocycles. The van der Waals surface area contributed by atoms with Crippen LogP contribution in [0.4, 0.5) is 17.1 Å². The number of anilines is 2. The summed E-state index contributed by atoms with van der Waals surface area (Å²) < 4.78 is 0. The highest BCUT2D eigenvalue weighted by atomic mass is 35.5. The largest absolute Gasteiger partial charge is 0.325 e. The van der Waals surface area contributed by atoms with Gasteiger partial charge >= 0.3 is 0 Å². The van der Waals surface area contributed by atoms with Gasteiger partial charge in [0.1, 0.15) is 0 Å². The van der Waals surface area contributed by atoms with Crippen LogP contribution in [0.25, 0.3) is 0 Å². The van der Waals surface area contributed by atoms with Gasteiger partial charge in [-0.05, 0) is 48.9 Å². The van der Waals surface area contributed by atoms with Crippen molar-refractivity contribution in [3.05, 3.63) is 92.5 Å². The van der Waals surface area contributed by atoms with Crippen LogP contribution in [0.1, 0.15) is 23.7 Å². The fraction of sp³-hybridized carbons (Fsp3) is 0.130. The Labute approximate surface area is 204 Å². The van der Waals surface area contributed by atoms with Crippen molar-refractivity contribution in [3.8, 4) is 0 Å². The molecule has 3 aromatic carbocycles.